The zero-order valence-electron chi connectivity index (χ0n) is 7.37. The summed E-state index contributed by atoms with van der Waals surface area (Å²) in [6, 6.07) is 0.247. The van der Waals surface area contributed by atoms with Crippen LogP contribution in [0.1, 0.15) is 13.8 Å². The monoisotopic (exact) mass is 153 g/mol. The van der Waals surface area contributed by atoms with Crippen LogP contribution in [0.2, 0.25) is 0 Å². The fraction of sp³-hybridized carbons (Fsp3) is 0.444. The largest absolute Gasteiger partial charge is 0.340 e. The average molecular weight is 153 g/mol. The van der Waals surface area contributed by atoms with Crippen LogP contribution < -0.4 is 0 Å². The third kappa shape index (κ3) is 3.61. The first kappa shape index (κ1) is 9.95. The van der Waals surface area contributed by atoms with Gasteiger partial charge in [-0.15, -0.1) is 0 Å². The fourth-order valence-corrected chi connectivity index (χ4v) is 0.522. The van der Waals surface area contributed by atoms with Crippen LogP contribution in [0.15, 0.2) is 24.8 Å². The smallest absolute Gasteiger partial charge is 0.246 e. The van der Waals surface area contributed by atoms with E-state index in [2.05, 4.69) is 6.58 Å². The van der Waals surface area contributed by atoms with Crippen molar-refractivity contribution in [1.29, 1.82) is 0 Å². The van der Waals surface area contributed by atoms with Gasteiger partial charge in [-0.05, 0) is 13.8 Å². The first-order valence-electron chi connectivity index (χ1n) is 3.65. The molecule has 2 nitrogen and oxygen atoms in total. The summed E-state index contributed by atoms with van der Waals surface area (Å²) in [4.78, 5) is 12.8. The van der Waals surface area contributed by atoms with Crippen LogP contribution in [-0.4, -0.2) is 23.9 Å². The molecule has 0 aromatic heterocycles. The van der Waals surface area contributed by atoms with E-state index in [4.69, 9.17) is 0 Å². The summed E-state index contributed by atoms with van der Waals surface area (Å²) in [6.45, 7) is 7.42. The summed E-state index contributed by atoms with van der Waals surface area (Å²) in [5.74, 6) is 0.0138. The Kier molecular flexibility index (Phi) is 4.27. The minimum atomic E-state index is 0.0138. The number of rotatable bonds is 3. The van der Waals surface area contributed by atoms with Gasteiger partial charge >= 0.3 is 0 Å². The Bertz CT molecular complexity index is 170. The van der Waals surface area contributed by atoms with Crippen LogP contribution in [0.4, 0.5) is 0 Å². The molecule has 0 atom stereocenters. The Morgan fingerprint density at radius 2 is 2.09 bits per heavy atom. The van der Waals surface area contributed by atoms with Crippen molar-refractivity contribution < 1.29 is 4.79 Å². The summed E-state index contributed by atoms with van der Waals surface area (Å²) in [5, 5.41) is 0. The molecule has 0 aliphatic heterocycles. The molecule has 0 aliphatic rings. The maximum Gasteiger partial charge on any atom is 0.246 e. The number of carbonyl (C=O) groups excluding carboxylic acids is 1. The van der Waals surface area contributed by atoms with Crippen LogP contribution in [0.3, 0.4) is 0 Å². The number of nitrogens with zero attached hydrogens (tertiary/aromatic N) is 1. The van der Waals surface area contributed by atoms with E-state index in [9.17, 15) is 4.79 Å². The molecule has 0 unspecified atom stereocenters. The molecule has 0 aliphatic carbocycles. The van der Waals surface area contributed by atoms with Gasteiger partial charge in [-0.25, -0.2) is 0 Å². The van der Waals surface area contributed by atoms with E-state index in [0.29, 0.717) is 0 Å². The Balaban J connectivity index is 4.03. The van der Waals surface area contributed by atoms with Gasteiger partial charge in [-0.1, -0.05) is 18.7 Å². The highest BCUT2D eigenvalue weighted by atomic mass is 16.2. The van der Waals surface area contributed by atoms with E-state index in [1.54, 1.807) is 24.1 Å². The van der Waals surface area contributed by atoms with Gasteiger partial charge in [0.15, 0.2) is 0 Å². The lowest BCUT2D eigenvalue weighted by Crippen LogP contribution is -2.31. The number of hydrogen-bond acceptors (Lipinski definition) is 1. The molecule has 0 N–H and O–H groups in total. The quantitative estimate of drug-likeness (QED) is 0.445. The van der Waals surface area contributed by atoms with Crippen molar-refractivity contribution in [1.82, 2.24) is 4.90 Å². The van der Waals surface area contributed by atoms with Crippen molar-refractivity contribution in [2.45, 2.75) is 19.9 Å². The Morgan fingerprint density at radius 1 is 1.55 bits per heavy atom. The molecule has 0 heterocycles. The van der Waals surface area contributed by atoms with Crippen LogP contribution in [0.25, 0.3) is 0 Å². The predicted molar refractivity (Wildman–Crippen MR) is 47.2 cm³/mol. The molecule has 0 fully saturated rings. The molecule has 11 heavy (non-hydrogen) atoms. The number of carbonyl (C=O) groups is 1. The van der Waals surface area contributed by atoms with Gasteiger partial charge in [-0.2, -0.15) is 0 Å². The third-order valence-electron chi connectivity index (χ3n) is 1.50. The SMILES string of the molecule is C=C/C=C\C(=O)N(C)C(C)C. The lowest BCUT2D eigenvalue weighted by molar-refractivity contribution is -0.126. The molecular weight excluding hydrogens is 138 g/mol. The number of allylic oxidation sites excluding steroid dienone is 2. The zero-order chi connectivity index (χ0) is 8.85. The molecule has 0 aromatic rings. The fourth-order valence-electron chi connectivity index (χ4n) is 0.522. The summed E-state index contributed by atoms with van der Waals surface area (Å²) in [5.41, 5.74) is 0. The summed E-state index contributed by atoms with van der Waals surface area (Å²) < 4.78 is 0. The average Bonchev–Trinajstić information content (AvgIpc) is 1.98. The molecule has 1 amide bonds. The molecule has 0 saturated carbocycles. The Morgan fingerprint density at radius 3 is 2.45 bits per heavy atom. The highest BCUT2D eigenvalue weighted by molar-refractivity contribution is 5.87. The first-order chi connectivity index (χ1) is 5.09. The molecule has 0 radical (unpaired) electrons. The molecule has 62 valence electrons. The molecule has 2 heteroatoms. The number of likely N-dealkylation sites (N-methyl/N-ethyl adjacent to an activating group) is 1. The minimum Gasteiger partial charge on any atom is -0.340 e. The first-order valence-corrected chi connectivity index (χ1v) is 3.65. The number of amides is 1. The van der Waals surface area contributed by atoms with Crippen molar-refractivity contribution in [3.8, 4) is 0 Å². The molecule has 0 rings (SSSR count). The van der Waals surface area contributed by atoms with E-state index in [1.165, 1.54) is 6.08 Å². The normalized spacial score (nSPS) is 10.5. The highest BCUT2D eigenvalue weighted by Crippen LogP contribution is 1.94. The van der Waals surface area contributed by atoms with E-state index < -0.39 is 0 Å². The van der Waals surface area contributed by atoms with Crippen LogP contribution >= 0.6 is 0 Å². The Hall–Kier alpha value is -1.05. The summed E-state index contributed by atoms with van der Waals surface area (Å²) in [7, 11) is 1.78. The van der Waals surface area contributed by atoms with E-state index in [0.717, 1.165) is 0 Å². The standard InChI is InChI=1S/C9H15NO/c1-5-6-7-9(11)10(4)8(2)3/h5-8H,1H2,2-4H3/b7-6-. The van der Waals surface area contributed by atoms with E-state index in [-0.39, 0.29) is 11.9 Å². The summed E-state index contributed by atoms with van der Waals surface area (Å²) in [6.07, 6.45) is 4.74. The van der Waals surface area contributed by atoms with Gasteiger partial charge in [0.05, 0.1) is 0 Å². The Labute approximate surface area is 68.2 Å². The van der Waals surface area contributed by atoms with Crippen molar-refractivity contribution >= 4 is 5.91 Å². The van der Waals surface area contributed by atoms with Crippen LogP contribution in [0.5, 0.6) is 0 Å². The van der Waals surface area contributed by atoms with Crippen molar-refractivity contribution in [2.24, 2.45) is 0 Å². The third-order valence-corrected chi connectivity index (χ3v) is 1.50. The minimum absolute atomic E-state index is 0.0138. The van der Waals surface area contributed by atoms with Gasteiger partial charge in [0.1, 0.15) is 0 Å². The molecule has 0 bridgehead atoms. The lowest BCUT2D eigenvalue weighted by atomic mass is 10.3. The second-order valence-electron chi connectivity index (χ2n) is 2.64. The van der Waals surface area contributed by atoms with Gasteiger partial charge in [0.2, 0.25) is 5.91 Å². The van der Waals surface area contributed by atoms with Gasteiger partial charge < -0.3 is 4.90 Å². The second kappa shape index (κ2) is 4.72. The lowest BCUT2D eigenvalue weighted by Gasteiger charge is -2.19. The van der Waals surface area contributed by atoms with Gasteiger partial charge in [-0.3, -0.25) is 4.79 Å². The maximum atomic E-state index is 11.1. The van der Waals surface area contributed by atoms with E-state index in [1.807, 2.05) is 13.8 Å². The van der Waals surface area contributed by atoms with Gasteiger partial charge in [0.25, 0.3) is 0 Å². The highest BCUT2D eigenvalue weighted by Gasteiger charge is 2.06. The van der Waals surface area contributed by atoms with Gasteiger partial charge in [0, 0.05) is 19.2 Å². The molecule has 0 saturated heterocycles. The maximum absolute atomic E-state index is 11.1. The zero-order valence-corrected chi connectivity index (χ0v) is 7.37. The van der Waals surface area contributed by atoms with Crippen molar-refractivity contribution in [3.05, 3.63) is 24.8 Å². The predicted octanol–water partition coefficient (Wildman–Crippen LogP) is 1.60. The summed E-state index contributed by atoms with van der Waals surface area (Å²) >= 11 is 0. The molecular formula is C9H15NO. The second-order valence-corrected chi connectivity index (χ2v) is 2.64. The molecule has 0 aromatic carbocycles. The number of hydrogen-bond donors (Lipinski definition) is 0. The molecule has 0 spiro atoms. The van der Waals surface area contributed by atoms with Crippen molar-refractivity contribution in [2.75, 3.05) is 7.05 Å². The van der Waals surface area contributed by atoms with E-state index >= 15 is 0 Å². The topological polar surface area (TPSA) is 20.3 Å². The van der Waals surface area contributed by atoms with Crippen molar-refractivity contribution in [3.63, 3.8) is 0 Å². The van der Waals surface area contributed by atoms with Crippen LogP contribution in [0, 0.1) is 0 Å². The van der Waals surface area contributed by atoms with Crippen LogP contribution in [-0.2, 0) is 4.79 Å².